The molecule has 2 heterocycles. The minimum Gasteiger partial charge on any atom is -0.496 e. The van der Waals surface area contributed by atoms with Gasteiger partial charge >= 0.3 is 0 Å². The van der Waals surface area contributed by atoms with E-state index in [0.29, 0.717) is 11.8 Å². The molecule has 1 fully saturated rings. The number of fused-ring (bicyclic) bond motifs is 1. The van der Waals surface area contributed by atoms with Gasteiger partial charge in [-0.25, -0.2) is 0 Å². The van der Waals surface area contributed by atoms with Crippen LogP contribution in [0.3, 0.4) is 0 Å². The number of piperidine rings is 1. The van der Waals surface area contributed by atoms with E-state index in [2.05, 4.69) is 47.1 Å². The van der Waals surface area contributed by atoms with Crippen LogP contribution >= 0.6 is 0 Å². The van der Waals surface area contributed by atoms with Crippen molar-refractivity contribution in [2.45, 2.75) is 71.1 Å². The molecule has 0 unspecified atom stereocenters. The van der Waals surface area contributed by atoms with Gasteiger partial charge in [-0.15, -0.1) is 0 Å². The SMILES string of the molecule is CCCCN1CCOc2ccccc2CCCCC2(CCN(C(=O)CCc3ccccc3OC)CC2)C1. The van der Waals surface area contributed by atoms with Crippen molar-refractivity contribution in [3.63, 3.8) is 0 Å². The lowest BCUT2D eigenvalue weighted by Gasteiger charge is -2.45. The summed E-state index contributed by atoms with van der Waals surface area (Å²) >= 11 is 0. The van der Waals surface area contributed by atoms with Gasteiger partial charge in [-0.05, 0) is 80.2 Å². The van der Waals surface area contributed by atoms with E-state index in [0.717, 1.165) is 82.1 Å². The van der Waals surface area contributed by atoms with E-state index in [1.54, 1.807) is 7.11 Å². The van der Waals surface area contributed by atoms with Gasteiger partial charge < -0.3 is 14.4 Å². The first-order valence-electron chi connectivity index (χ1n) is 14.5. The van der Waals surface area contributed by atoms with Gasteiger partial charge in [0.15, 0.2) is 0 Å². The summed E-state index contributed by atoms with van der Waals surface area (Å²) in [6.07, 6.45) is 10.7. The number of likely N-dealkylation sites (tertiary alicyclic amines) is 1. The van der Waals surface area contributed by atoms with Crippen LogP contribution in [0.2, 0.25) is 0 Å². The number of para-hydroxylation sites is 2. The molecule has 2 aromatic carbocycles. The fraction of sp³-hybridized carbons (Fsp3) is 0.594. The van der Waals surface area contributed by atoms with Gasteiger partial charge in [0.2, 0.25) is 5.91 Å². The molecule has 0 aliphatic carbocycles. The van der Waals surface area contributed by atoms with Crippen molar-refractivity contribution in [1.29, 1.82) is 0 Å². The summed E-state index contributed by atoms with van der Waals surface area (Å²) in [5.41, 5.74) is 2.75. The zero-order chi connectivity index (χ0) is 25.9. The van der Waals surface area contributed by atoms with Crippen LogP contribution in [0.4, 0.5) is 0 Å². The largest absolute Gasteiger partial charge is 0.496 e. The molecule has 202 valence electrons. The lowest BCUT2D eigenvalue weighted by Crippen LogP contribution is -2.49. The molecule has 2 aliphatic heterocycles. The average molecular weight is 507 g/mol. The monoisotopic (exact) mass is 506 g/mol. The highest BCUT2D eigenvalue weighted by atomic mass is 16.5. The van der Waals surface area contributed by atoms with E-state index in [9.17, 15) is 4.79 Å². The molecule has 0 atom stereocenters. The van der Waals surface area contributed by atoms with Crippen molar-refractivity contribution in [2.75, 3.05) is 46.4 Å². The first-order chi connectivity index (χ1) is 18.1. The van der Waals surface area contributed by atoms with Crippen LogP contribution < -0.4 is 9.47 Å². The summed E-state index contributed by atoms with van der Waals surface area (Å²) in [5, 5.41) is 0. The molecule has 5 nitrogen and oxygen atoms in total. The third-order valence-corrected chi connectivity index (χ3v) is 8.41. The lowest BCUT2D eigenvalue weighted by molar-refractivity contribution is -0.133. The zero-order valence-corrected chi connectivity index (χ0v) is 23.1. The number of hydrogen-bond acceptors (Lipinski definition) is 4. The van der Waals surface area contributed by atoms with Crippen LogP contribution in [0.5, 0.6) is 11.5 Å². The second-order valence-electron chi connectivity index (χ2n) is 11.0. The minimum atomic E-state index is 0.279. The molecule has 1 amide bonds. The number of hydrogen-bond donors (Lipinski definition) is 0. The average Bonchev–Trinajstić information content (AvgIpc) is 2.93. The normalized spacial score (nSPS) is 18.8. The summed E-state index contributed by atoms with van der Waals surface area (Å²) in [4.78, 5) is 17.9. The molecule has 5 heteroatoms. The smallest absolute Gasteiger partial charge is 0.222 e. The molecule has 1 saturated heterocycles. The summed E-state index contributed by atoms with van der Waals surface area (Å²) < 4.78 is 11.7. The molecule has 0 N–H and O–H groups in total. The Kier molecular flexibility index (Phi) is 10.3. The highest BCUT2D eigenvalue weighted by Crippen LogP contribution is 2.38. The Morgan fingerprint density at radius 1 is 1.00 bits per heavy atom. The highest BCUT2D eigenvalue weighted by molar-refractivity contribution is 5.76. The number of rotatable bonds is 7. The number of carbonyl (C=O) groups excluding carboxylic acids is 1. The van der Waals surface area contributed by atoms with Crippen molar-refractivity contribution >= 4 is 5.91 Å². The van der Waals surface area contributed by atoms with Gasteiger partial charge in [-0.1, -0.05) is 56.2 Å². The van der Waals surface area contributed by atoms with Crippen LogP contribution in [-0.2, 0) is 17.6 Å². The molecule has 0 radical (unpaired) electrons. The molecule has 4 rings (SSSR count). The summed E-state index contributed by atoms with van der Waals surface area (Å²) in [6.45, 7) is 8.00. The fourth-order valence-corrected chi connectivity index (χ4v) is 6.10. The molecule has 2 aromatic rings. The maximum Gasteiger partial charge on any atom is 0.222 e. The summed E-state index contributed by atoms with van der Waals surface area (Å²) in [7, 11) is 1.70. The Balaban J connectivity index is 1.37. The van der Waals surface area contributed by atoms with Crippen LogP contribution in [0.1, 0.15) is 69.4 Å². The summed E-state index contributed by atoms with van der Waals surface area (Å²) in [6, 6.07) is 16.6. The molecule has 0 aromatic heterocycles. The standard InChI is InChI=1S/C32H46N2O3/c1-3-4-21-33-24-25-37-30-15-8-6-11-27(30)13-9-10-18-32(26-33)19-22-34(23-20-32)31(35)17-16-28-12-5-7-14-29(28)36-2/h5-8,11-12,14-15H,3-4,9-10,13,16-26H2,1-2H3. The number of methoxy groups -OCH3 is 1. The number of aryl methyl sites for hydroxylation is 2. The predicted octanol–water partition coefficient (Wildman–Crippen LogP) is 6.14. The second kappa shape index (κ2) is 13.9. The third kappa shape index (κ3) is 7.73. The molecular weight excluding hydrogens is 460 g/mol. The number of benzene rings is 2. The highest BCUT2D eigenvalue weighted by Gasteiger charge is 2.37. The zero-order valence-electron chi connectivity index (χ0n) is 23.1. The van der Waals surface area contributed by atoms with Crippen molar-refractivity contribution in [1.82, 2.24) is 9.80 Å². The van der Waals surface area contributed by atoms with Crippen LogP contribution in [0.25, 0.3) is 0 Å². The summed E-state index contributed by atoms with van der Waals surface area (Å²) in [5.74, 6) is 2.22. The van der Waals surface area contributed by atoms with E-state index in [4.69, 9.17) is 9.47 Å². The third-order valence-electron chi connectivity index (χ3n) is 8.41. The molecular formula is C32H46N2O3. The first kappa shape index (κ1) is 27.5. The van der Waals surface area contributed by atoms with Gasteiger partial charge in [0.05, 0.1) is 7.11 Å². The predicted molar refractivity (Wildman–Crippen MR) is 150 cm³/mol. The number of nitrogens with zero attached hydrogens (tertiary/aromatic N) is 2. The number of amides is 1. The van der Waals surface area contributed by atoms with Gasteiger partial charge in [-0.3, -0.25) is 9.69 Å². The number of carbonyl (C=O) groups is 1. The molecule has 0 saturated carbocycles. The molecule has 0 bridgehead atoms. The Morgan fingerprint density at radius 3 is 2.59 bits per heavy atom. The maximum absolute atomic E-state index is 13.1. The second-order valence-corrected chi connectivity index (χ2v) is 11.0. The van der Waals surface area contributed by atoms with Gasteiger partial charge in [0.25, 0.3) is 0 Å². The Hall–Kier alpha value is -2.53. The molecule has 1 spiro atoms. The lowest BCUT2D eigenvalue weighted by atomic mass is 9.73. The van der Waals surface area contributed by atoms with Crippen molar-refractivity contribution < 1.29 is 14.3 Å². The van der Waals surface area contributed by atoms with Crippen LogP contribution in [0.15, 0.2) is 48.5 Å². The van der Waals surface area contributed by atoms with E-state index in [-0.39, 0.29) is 5.91 Å². The van der Waals surface area contributed by atoms with Gasteiger partial charge in [0.1, 0.15) is 18.1 Å². The van der Waals surface area contributed by atoms with E-state index >= 15 is 0 Å². The number of ether oxygens (including phenoxy) is 2. The van der Waals surface area contributed by atoms with Gasteiger partial charge in [-0.2, -0.15) is 0 Å². The number of unbranched alkanes of at least 4 members (excludes halogenated alkanes) is 1. The Labute approximate surface area is 224 Å². The van der Waals surface area contributed by atoms with Crippen molar-refractivity contribution in [3.05, 3.63) is 59.7 Å². The van der Waals surface area contributed by atoms with E-state index < -0.39 is 0 Å². The Morgan fingerprint density at radius 2 is 1.78 bits per heavy atom. The van der Waals surface area contributed by atoms with E-state index in [1.165, 1.54) is 37.7 Å². The van der Waals surface area contributed by atoms with Crippen molar-refractivity contribution in [2.24, 2.45) is 5.41 Å². The molecule has 37 heavy (non-hydrogen) atoms. The maximum atomic E-state index is 13.1. The Bertz CT molecular complexity index is 984. The van der Waals surface area contributed by atoms with Crippen molar-refractivity contribution in [3.8, 4) is 11.5 Å². The van der Waals surface area contributed by atoms with Crippen LogP contribution in [-0.4, -0.2) is 62.1 Å². The van der Waals surface area contributed by atoms with E-state index in [1.807, 2.05) is 18.2 Å². The fourth-order valence-electron chi connectivity index (χ4n) is 6.10. The van der Waals surface area contributed by atoms with Gasteiger partial charge in [0, 0.05) is 32.6 Å². The minimum absolute atomic E-state index is 0.279. The topological polar surface area (TPSA) is 42.0 Å². The van der Waals surface area contributed by atoms with Crippen LogP contribution in [0, 0.1) is 5.41 Å². The quantitative estimate of drug-likeness (QED) is 0.452. The molecule has 2 aliphatic rings. The first-order valence-corrected chi connectivity index (χ1v) is 14.5.